The lowest BCUT2D eigenvalue weighted by atomic mass is 10.0. The molecule has 0 aromatic heterocycles. The molecule has 0 saturated carbocycles. The number of ether oxygens (including phenoxy) is 2. The number of aliphatic hydroxyl groups is 4. The molecule has 0 saturated heterocycles. The number of hydrogen-bond acceptors (Lipinski definition) is 8. The molecule has 8 heteroatoms. The zero-order chi connectivity index (χ0) is 38.6. The average Bonchev–Trinajstić information content (AvgIpc) is 3.15. The lowest BCUT2D eigenvalue weighted by Gasteiger charge is -2.12. The van der Waals surface area contributed by atoms with Crippen LogP contribution >= 0.6 is 0 Å². The van der Waals surface area contributed by atoms with E-state index in [1.807, 2.05) is 0 Å². The molecule has 0 aromatic rings. The van der Waals surface area contributed by atoms with Gasteiger partial charge in [-0.05, 0) is 12.8 Å². The van der Waals surface area contributed by atoms with Crippen LogP contribution in [0.2, 0.25) is 0 Å². The lowest BCUT2D eigenvalue weighted by Crippen LogP contribution is -2.25. The Bertz CT molecular complexity index is 700. The zero-order valence-corrected chi connectivity index (χ0v) is 34.4. The predicted molar refractivity (Wildman–Crippen MR) is 216 cm³/mol. The van der Waals surface area contributed by atoms with E-state index in [9.17, 15) is 9.59 Å². The van der Waals surface area contributed by atoms with Crippen LogP contribution in [0.15, 0.2) is 0 Å². The van der Waals surface area contributed by atoms with Crippen LogP contribution in [0.1, 0.15) is 232 Å². The van der Waals surface area contributed by atoms with Gasteiger partial charge >= 0.3 is 11.9 Å². The molecule has 0 aliphatic heterocycles. The van der Waals surface area contributed by atoms with Crippen molar-refractivity contribution in [2.24, 2.45) is 0 Å². The highest BCUT2D eigenvalue weighted by Gasteiger charge is 2.11. The van der Waals surface area contributed by atoms with E-state index in [1.165, 1.54) is 180 Å². The first-order valence-electron chi connectivity index (χ1n) is 22.3. The van der Waals surface area contributed by atoms with E-state index in [0.717, 1.165) is 25.7 Å². The summed E-state index contributed by atoms with van der Waals surface area (Å²) in [5.74, 6) is -0.591. The summed E-state index contributed by atoms with van der Waals surface area (Å²) in [5, 5.41) is 35.4. The van der Waals surface area contributed by atoms with Crippen molar-refractivity contribution < 1.29 is 39.5 Å². The molecular formula is C44H88O8. The Morgan fingerprint density at radius 3 is 0.942 bits per heavy atom. The highest BCUT2D eigenvalue weighted by Crippen LogP contribution is 2.16. The monoisotopic (exact) mass is 745 g/mol. The Kier molecular flexibility index (Phi) is 46.7. The van der Waals surface area contributed by atoms with Crippen LogP contribution in [0.25, 0.3) is 0 Å². The van der Waals surface area contributed by atoms with E-state index in [1.54, 1.807) is 0 Å². The van der Waals surface area contributed by atoms with Crippen molar-refractivity contribution in [1.82, 2.24) is 0 Å². The highest BCUT2D eigenvalue weighted by atomic mass is 16.6. The number of carbonyl (C=O) groups is 2. The number of unbranched alkanes of at least 4 members (excludes halogenated alkanes) is 30. The molecule has 0 radical (unpaired) electrons. The molecule has 0 aliphatic carbocycles. The van der Waals surface area contributed by atoms with Gasteiger partial charge in [-0.25, -0.2) is 0 Å². The topological polar surface area (TPSA) is 134 Å². The molecule has 0 heterocycles. The maximum absolute atomic E-state index is 11.5. The summed E-state index contributed by atoms with van der Waals surface area (Å²) in [5.41, 5.74) is 0. The number of rotatable bonds is 40. The van der Waals surface area contributed by atoms with Crippen LogP contribution in [0.5, 0.6) is 0 Å². The molecule has 8 nitrogen and oxygen atoms in total. The van der Waals surface area contributed by atoms with Gasteiger partial charge < -0.3 is 29.9 Å². The van der Waals surface area contributed by atoms with Gasteiger partial charge in [0.05, 0.1) is 19.8 Å². The van der Waals surface area contributed by atoms with Crippen LogP contribution in [0.3, 0.4) is 0 Å². The maximum atomic E-state index is 11.5. The number of esters is 2. The standard InChI is InChI=1S/2C22H44O4/c1-2-3-4-5-6-7-8-9-10-11-12-13-14-15-16-17-18-22(25)26-20-21(24)19-23;1-2-3-4-5-6-7-8-9-10-11-12-13-14-15-16-17-18-22(25)26-21(19-23)20-24/h2*21,23-24H,2-20H2,1H3. The van der Waals surface area contributed by atoms with Crippen molar-refractivity contribution in [2.75, 3.05) is 26.4 Å². The van der Waals surface area contributed by atoms with E-state index < -0.39 is 12.2 Å². The third-order valence-electron chi connectivity index (χ3n) is 9.82. The van der Waals surface area contributed by atoms with Crippen molar-refractivity contribution >= 4 is 11.9 Å². The van der Waals surface area contributed by atoms with Crippen LogP contribution in [0.4, 0.5) is 0 Å². The van der Waals surface area contributed by atoms with Gasteiger partial charge in [0.2, 0.25) is 0 Å². The zero-order valence-electron chi connectivity index (χ0n) is 34.4. The molecule has 1 atom stereocenters. The quantitative estimate of drug-likeness (QED) is 0.0360. The number of hydrogen-bond donors (Lipinski definition) is 4. The second-order valence-electron chi connectivity index (χ2n) is 15.1. The summed E-state index contributed by atoms with van der Waals surface area (Å²) in [6.45, 7) is 3.43. The van der Waals surface area contributed by atoms with Gasteiger partial charge in [-0.2, -0.15) is 0 Å². The molecule has 4 N–H and O–H groups in total. The average molecular weight is 745 g/mol. The number of aliphatic hydroxyl groups excluding tert-OH is 4. The molecule has 0 aliphatic rings. The maximum Gasteiger partial charge on any atom is 0.306 e. The summed E-state index contributed by atoms with van der Waals surface area (Å²) < 4.78 is 9.80. The van der Waals surface area contributed by atoms with Crippen LogP contribution in [-0.2, 0) is 19.1 Å². The molecule has 0 amide bonds. The Labute approximate surface area is 321 Å². The molecule has 0 rings (SSSR count). The van der Waals surface area contributed by atoms with Gasteiger partial charge in [-0.15, -0.1) is 0 Å². The fraction of sp³-hybridized carbons (Fsp3) is 0.955. The van der Waals surface area contributed by atoms with Crippen LogP contribution < -0.4 is 0 Å². The first-order valence-corrected chi connectivity index (χ1v) is 22.3. The van der Waals surface area contributed by atoms with Crippen molar-refractivity contribution in [3.63, 3.8) is 0 Å². The minimum absolute atomic E-state index is 0.103. The third kappa shape index (κ3) is 44.9. The molecule has 0 fully saturated rings. The summed E-state index contributed by atoms with van der Waals surface area (Å²) in [6, 6.07) is 0. The van der Waals surface area contributed by atoms with E-state index in [2.05, 4.69) is 13.8 Å². The van der Waals surface area contributed by atoms with Crippen molar-refractivity contribution in [3.8, 4) is 0 Å². The fourth-order valence-electron chi connectivity index (χ4n) is 6.33. The minimum atomic E-state index is -0.954. The Morgan fingerprint density at radius 2 is 0.673 bits per heavy atom. The summed E-state index contributed by atoms with van der Waals surface area (Å²) in [7, 11) is 0. The van der Waals surface area contributed by atoms with Crippen molar-refractivity contribution in [3.05, 3.63) is 0 Å². The summed E-state index contributed by atoms with van der Waals surface area (Å²) >= 11 is 0. The molecule has 0 bridgehead atoms. The molecular weight excluding hydrogens is 656 g/mol. The van der Waals surface area contributed by atoms with Crippen LogP contribution in [0, 0.1) is 0 Å². The van der Waals surface area contributed by atoms with Crippen molar-refractivity contribution in [2.45, 2.75) is 244 Å². The molecule has 0 spiro atoms. The van der Waals surface area contributed by atoms with Gasteiger partial charge in [0, 0.05) is 12.8 Å². The van der Waals surface area contributed by atoms with Crippen LogP contribution in [-0.4, -0.2) is 71.0 Å². The SMILES string of the molecule is CCCCCCCCCCCCCCCCCCC(=O)OC(CO)CO.CCCCCCCCCCCCCCCCCCC(=O)OCC(O)CO. The molecule has 1 unspecified atom stereocenters. The first kappa shape index (κ1) is 52.9. The van der Waals surface area contributed by atoms with Crippen molar-refractivity contribution in [1.29, 1.82) is 0 Å². The highest BCUT2D eigenvalue weighted by molar-refractivity contribution is 5.69. The van der Waals surface area contributed by atoms with E-state index in [0.29, 0.717) is 12.8 Å². The number of carbonyl (C=O) groups excluding carboxylic acids is 2. The molecule has 0 aromatic carbocycles. The predicted octanol–water partition coefficient (Wildman–Crippen LogP) is 11.1. The van der Waals surface area contributed by atoms with Gasteiger partial charge in [-0.3, -0.25) is 9.59 Å². The second kappa shape index (κ2) is 45.9. The second-order valence-corrected chi connectivity index (χ2v) is 15.1. The minimum Gasteiger partial charge on any atom is -0.463 e. The van der Waals surface area contributed by atoms with Gasteiger partial charge in [0.15, 0.2) is 0 Å². The molecule has 52 heavy (non-hydrogen) atoms. The largest absolute Gasteiger partial charge is 0.463 e. The first-order chi connectivity index (χ1) is 25.4. The van der Waals surface area contributed by atoms with E-state index in [4.69, 9.17) is 29.9 Å². The van der Waals surface area contributed by atoms with Gasteiger partial charge in [-0.1, -0.05) is 206 Å². The van der Waals surface area contributed by atoms with Gasteiger partial charge in [0.25, 0.3) is 0 Å². The Morgan fingerprint density at radius 1 is 0.404 bits per heavy atom. The summed E-state index contributed by atoms with van der Waals surface area (Å²) in [6.07, 6.45) is 41.1. The smallest absolute Gasteiger partial charge is 0.306 e. The normalized spacial score (nSPS) is 11.8. The lowest BCUT2D eigenvalue weighted by molar-refractivity contribution is -0.153. The fourth-order valence-corrected chi connectivity index (χ4v) is 6.33. The Hall–Kier alpha value is -1.22. The van der Waals surface area contributed by atoms with Gasteiger partial charge in [0.1, 0.15) is 18.8 Å². The Balaban J connectivity index is 0. The molecule has 312 valence electrons. The third-order valence-corrected chi connectivity index (χ3v) is 9.82. The van der Waals surface area contributed by atoms with E-state index >= 15 is 0 Å². The summed E-state index contributed by atoms with van der Waals surface area (Å²) in [4.78, 5) is 22.9. The van der Waals surface area contributed by atoms with E-state index in [-0.39, 0.29) is 38.4 Å².